The molecule has 0 radical (unpaired) electrons. The molecule has 9 atom stereocenters. The van der Waals surface area contributed by atoms with E-state index in [1.165, 1.54) is 14.2 Å². The molecule has 2 aliphatic heterocycles. The molecule has 30 heavy (non-hydrogen) atoms. The van der Waals surface area contributed by atoms with Crippen LogP contribution in [0.4, 0.5) is 0 Å². The first-order valence-electron chi connectivity index (χ1n) is 9.89. The number of hydrogen-bond acceptors (Lipinski definition) is 9. The lowest BCUT2D eigenvalue weighted by atomic mass is 9.64. The molecule has 3 fully saturated rings. The lowest BCUT2D eigenvalue weighted by Gasteiger charge is -2.54. The Hall–Kier alpha value is -1.72. The molecule has 1 unspecified atom stereocenters. The van der Waals surface area contributed by atoms with Crippen LogP contribution in [-0.4, -0.2) is 63.4 Å². The molecule has 0 amide bonds. The molecule has 0 aromatic heterocycles. The third-order valence-electron chi connectivity index (χ3n) is 6.68. The van der Waals surface area contributed by atoms with Gasteiger partial charge in [-0.2, -0.15) is 0 Å². The van der Waals surface area contributed by atoms with E-state index in [4.69, 9.17) is 23.7 Å². The maximum Gasteiger partial charge on any atom is 0.193 e. The van der Waals surface area contributed by atoms with Crippen LogP contribution in [0.2, 0.25) is 0 Å². The van der Waals surface area contributed by atoms with Gasteiger partial charge in [-0.05, 0) is 6.42 Å². The van der Waals surface area contributed by atoms with Gasteiger partial charge in [-0.15, -0.1) is 0 Å². The quantitative estimate of drug-likeness (QED) is 0.303. The summed E-state index contributed by atoms with van der Waals surface area (Å²) in [7, 11) is 2.84. The third-order valence-corrected chi connectivity index (χ3v) is 6.68. The molecule has 1 N–H and O–H groups in total. The fourth-order valence-electron chi connectivity index (χ4n) is 5.41. The monoisotopic (exact) mass is 422 g/mol. The number of methoxy groups -OCH3 is 2. The number of carbonyl (C=O) groups excluding carboxylic acids is 2. The highest BCUT2D eigenvalue weighted by Crippen LogP contribution is 2.60. The van der Waals surface area contributed by atoms with E-state index < -0.39 is 54.2 Å². The topological polar surface area (TPSA) is 110 Å². The van der Waals surface area contributed by atoms with Crippen molar-refractivity contribution in [3.8, 4) is 0 Å². The first kappa shape index (κ1) is 21.5. The Balaban J connectivity index is 1.75. The summed E-state index contributed by atoms with van der Waals surface area (Å²) in [5.74, 6) is -1.86. The van der Waals surface area contributed by atoms with Crippen LogP contribution >= 0.6 is 0 Å². The smallest absolute Gasteiger partial charge is 0.193 e. The van der Waals surface area contributed by atoms with Gasteiger partial charge in [0.2, 0.25) is 0 Å². The molecule has 1 aromatic rings. The summed E-state index contributed by atoms with van der Waals surface area (Å²) in [5.41, 5.74) is -0.449. The Labute approximate surface area is 174 Å². The van der Waals surface area contributed by atoms with E-state index in [2.05, 4.69) is 4.89 Å². The van der Waals surface area contributed by atoms with Crippen molar-refractivity contribution in [2.45, 2.75) is 37.5 Å². The average Bonchev–Trinajstić information content (AvgIpc) is 3.15. The summed E-state index contributed by atoms with van der Waals surface area (Å²) < 4.78 is 29.0. The van der Waals surface area contributed by atoms with E-state index in [0.717, 1.165) is 18.1 Å². The minimum Gasteiger partial charge on any atom is -0.356 e. The zero-order valence-corrected chi connectivity index (χ0v) is 16.8. The summed E-state index contributed by atoms with van der Waals surface area (Å²) in [5, 5.41) is 9.34. The number of fused-ring (bicyclic) bond motifs is 3. The Morgan fingerprint density at radius 2 is 1.97 bits per heavy atom. The van der Waals surface area contributed by atoms with E-state index in [-0.39, 0.29) is 13.0 Å². The lowest BCUT2D eigenvalue weighted by molar-refractivity contribution is -0.383. The highest BCUT2D eigenvalue weighted by Gasteiger charge is 2.69. The molecule has 9 nitrogen and oxygen atoms in total. The zero-order chi connectivity index (χ0) is 21.3. The van der Waals surface area contributed by atoms with Crippen molar-refractivity contribution in [2.24, 2.45) is 23.2 Å². The molecule has 2 saturated heterocycles. The van der Waals surface area contributed by atoms with Gasteiger partial charge in [0.25, 0.3) is 0 Å². The largest absolute Gasteiger partial charge is 0.356 e. The summed E-state index contributed by atoms with van der Waals surface area (Å²) in [6.45, 7) is 0.173. The molecule has 0 bridgehead atoms. The van der Waals surface area contributed by atoms with Crippen molar-refractivity contribution >= 4 is 12.6 Å². The van der Waals surface area contributed by atoms with Crippen molar-refractivity contribution in [3.05, 3.63) is 35.9 Å². The predicted octanol–water partition coefficient (Wildman–Crippen LogP) is 1.57. The number of hydrogen-bond donors (Lipinski definition) is 1. The average molecular weight is 422 g/mol. The standard InChI is InChI=1S/C21H26O9/c1-25-19(30-24)14-8-13(9-22)21(11-23)16(14)20(26-2)28-15-10-27-18(29-17(15)21)12-6-4-3-5-7-12/h3-7,9,11,13-20,24H,8,10H2,1-2H3/t13-,14-,15+,16+,17+,18+,19?,20-,21+/m0/s1. The molecule has 1 aromatic carbocycles. The van der Waals surface area contributed by atoms with Crippen molar-refractivity contribution in [1.29, 1.82) is 0 Å². The lowest BCUT2D eigenvalue weighted by Crippen LogP contribution is -2.65. The van der Waals surface area contributed by atoms with Gasteiger partial charge in [-0.1, -0.05) is 30.3 Å². The molecule has 4 rings (SSSR count). The number of ether oxygens (including phenoxy) is 5. The van der Waals surface area contributed by atoms with E-state index in [0.29, 0.717) is 0 Å². The molecular formula is C21H26O9. The number of carbonyl (C=O) groups is 2. The Kier molecular flexibility index (Phi) is 6.31. The second kappa shape index (κ2) is 8.80. The zero-order valence-electron chi connectivity index (χ0n) is 16.8. The normalized spacial score (nSPS) is 41.5. The maximum absolute atomic E-state index is 12.7. The van der Waals surface area contributed by atoms with Crippen molar-refractivity contribution in [3.63, 3.8) is 0 Å². The van der Waals surface area contributed by atoms with Gasteiger partial charge >= 0.3 is 0 Å². The van der Waals surface area contributed by atoms with E-state index in [9.17, 15) is 14.8 Å². The van der Waals surface area contributed by atoms with Crippen molar-refractivity contribution in [1.82, 2.24) is 0 Å². The van der Waals surface area contributed by atoms with Crippen LogP contribution in [0, 0.1) is 23.2 Å². The summed E-state index contributed by atoms with van der Waals surface area (Å²) >= 11 is 0. The molecule has 3 aliphatic rings. The second-order valence-corrected chi connectivity index (χ2v) is 7.91. The molecule has 1 saturated carbocycles. The molecular weight excluding hydrogens is 396 g/mol. The molecule has 9 heteroatoms. The van der Waals surface area contributed by atoms with E-state index in [1.807, 2.05) is 30.3 Å². The van der Waals surface area contributed by atoms with Crippen LogP contribution in [0.15, 0.2) is 30.3 Å². The number of benzene rings is 1. The maximum atomic E-state index is 12.7. The number of rotatable bonds is 7. The fourth-order valence-corrected chi connectivity index (χ4v) is 5.41. The third kappa shape index (κ3) is 3.21. The summed E-state index contributed by atoms with van der Waals surface area (Å²) in [4.78, 5) is 29.3. The van der Waals surface area contributed by atoms with E-state index in [1.54, 1.807) is 0 Å². The van der Waals surface area contributed by atoms with Crippen LogP contribution in [0.25, 0.3) is 0 Å². The summed E-state index contributed by atoms with van der Waals surface area (Å²) in [6.07, 6.45) is -2.15. The Bertz CT molecular complexity index is 739. The minimum absolute atomic E-state index is 0.173. The van der Waals surface area contributed by atoms with Gasteiger partial charge in [0.05, 0.1) is 12.0 Å². The SMILES string of the molecule is COC(OO)[C@H]1C[C@@H](C=O)[C@]2(C=O)[C@H]1[C@@H](OC)O[C@@H]1CO[C@@H](c3ccccc3)O[C@H]12. The van der Waals surface area contributed by atoms with Gasteiger partial charge in [-0.25, -0.2) is 10.1 Å². The van der Waals surface area contributed by atoms with Crippen LogP contribution in [0.1, 0.15) is 18.3 Å². The van der Waals surface area contributed by atoms with Gasteiger partial charge in [0, 0.05) is 37.5 Å². The van der Waals surface area contributed by atoms with E-state index >= 15 is 0 Å². The molecule has 164 valence electrons. The number of aldehydes is 2. The van der Waals surface area contributed by atoms with Crippen LogP contribution in [0.5, 0.6) is 0 Å². The highest BCUT2D eigenvalue weighted by atomic mass is 17.1. The van der Waals surface area contributed by atoms with Gasteiger partial charge in [-0.3, -0.25) is 0 Å². The first-order valence-corrected chi connectivity index (χ1v) is 9.89. The van der Waals surface area contributed by atoms with Crippen LogP contribution in [0.3, 0.4) is 0 Å². The Morgan fingerprint density at radius 1 is 1.20 bits per heavy atom. The van der Waals surface area contributed by atoms with Gasteiger partial charge in [0.1, 0.15) is 24.8 Å². The minimum atomic E-state index is -1.25. The Morgan fingerprint density at radius 3 is 2.57 bits per heavy atom. The predicted molar refractivity (Wildman–Crippen MR) is 99.8 cm³/mol. The summed E-state index contributed by atoms with van der Waals surface area (Å²) in [6, 6.07) is 9.35. The van der Waals surface area contributed by atoms with Gasteiger partial charge in [0.15, 0.2) is 18.9 Å². The molecule has 1 aliphatic carbocycles. The van der Waals surface area contributed by atoms with Crippen LogP contribution in [-0.2, 0) is 38.2 Å². The first-order chi connectivity index (χ1) is 14.6. The van der Waals surface area contributed by atoms with Crippen molar-refractivity contribution in [2.75, 3.05) is 20.8 Å². The van der Waals surface area contributed by atoms with Crippen LogP contribution < -0.4 is 0 Å². The molecule has 0 spiro atoms. The molecule has 2 heterocycles. The van der Waals surface area contributed by atoms with Crippen molar-refractivity contribution < 1.29 is 43.4 Å². The fraction of sp³-hybridized carbons (Fsp3) is 0.619. The second-order valence-electron chi connectivity index (χ2n) is 7.91. The highest BCUT2D eigenvalue weighted by molar-refractivity contribution is 5.72. The van der Waals surface area contributed by atoms with Gasteiger partial charge < -0.3 is 33.3 Å².